The Balaban J connectivity index is 1.93. The summed E-state index contributed by atoms with van der Waals surface area (Å²) in [7, 11) is 0. The van der Waals surface area contributed by atoms with E-state index < -0.39 is 11.4 Å². The van der Waals surface area contributed by atoms with Crippen molar-refractivity contribution in [3.63, 3.8) is 0 Å². The Bertz CT molecular complexity index is 385. The molecule has 1 fully saturated rings. The zero-order valence-corrected chi connectivity index (χ0v) is 10.1. The Kier molecular flexibility index (Phi) is 3.14. The first-order chi connectivity index (χ1) is 7.66. The van der Waals surface area contributed by atoms with Crippen LogP contribution in [0, 0.1) is 5.41 Å². The van der Waals surface area contributed by atoms with Gasteiger partial charge in [0.2, 0.25) is 0 Å². The van der Waals surface area contributed by atoms with E-state index in [9.17, 15) is 4.79 Å². The summed E-state index contributed by atoms with van der Waals surface area (Å²) in [5.74, 6) is -0.682. The van der Waals surface area contributed by atoms with Gasteiger partial charge in [0.25, 0.3) is 0 Å². The fraction of sp³-hybridized carbons (Fsp3) is 0.636. The molecule has 0 radical (unpaired) electrons. The van der Waals surface area contributed by atoms with Gasteiger partial charge in [-0.2, -0.15) is 0 Å². The lowest BCUT2D eigenvalue weighted by Gasteiger charge is -2.37. The summed E-state index contributed by atoms with van der Waals surface area (Å²) in [6.45, 7) is 2.56. The summed E-state index contributed by atoms with van der Waals surface area (Å²) in [5.41, 5.74) is 0.517. The molecule has 1 aliphatic carbocycles. The molecule has 0 amide bonds. The second kappa shape index (κ2) is 4.41. The van der Waals surface area contributed by atoms with Crippen molar-refractivity contribution >= 4 is 22.4 Å². The first kappa shape index (κ1) is 11.4. The molecule has 0 atom stereocenters. The fourth-order valence-electron chi connectivity index (χ4n) is 1.87. The van der Waals surface area contributed by atoms with Crippen molar-refractivity contribution in [1.82, 2.24) is 4.98 Å². The summed E-state index contributed by atoms with van der Waals surface area (Å²) >= 11 is 1.55. The topological polar surface area (TPSA) is 62.2 Å². The molecule has 1 heterocycles. The highest BCUT2D eigenvalue weighted by Gasteiger charge is 2.44. The maximum atomic E-state index is 11.1. The molecule has 1 saturated carbocycles. The Morgan fingerprint density at radius 3 is 2.88 bits per heavy atom. The fourth-order valence-corrected chi connectivity index (χ4v) is 2.66. The SMILES string of the molecule is CCc1csc(NCC2(C(=O)O)CCC2)n1. The normalized spacial score (nSPS) is 17.8. The highest BCUT2D eigenvalue weighted by Crippen LogP contribution is 2.41. The third-order valence-electron chi connectivity index (χ3n) is 3.26. The third-order valence-corrected chi connectivity index (χ3v) is 4.11. The van der Waals surface area contributed by atoms with Gasteiger partial charge in [-0.15, -0.1) is 11.3 Å². The minimum atomic E-state index is -0.682. The molecule has 0 saturated heterocycles. The van der Waals surface area contributed by atoms with Gasteiger partial charge in [0.1, 0.15) is 0 Å². The number of carbonyl (C=O) groups is 1. The summed E-state index contributed by atoms with van der Waals surface area (Å²) in [6.07, 6.45) is 3.50. The predicted molar refractivity (Wildman–Crippen MR) is 63.9 cm³/mol. The van der Waals surface area contributed by atoms with Crippen LogP contribution in [-0.2, 0) is 11.2 Å². The summed E-state index contributed by atoms with van der Waals surface area (Å²) < 4.78 is 0. The van der Waals surface area contributed by atoms with Crippen LogP contribution in [0.15, 0.2) is 5.38 Å². The van der Waals surface area contributed by atoms with Crippen molar-refractivity contribution in [2.45, 2.75) is 32.6 Å². The lowest BCUT2D eigenvalue weighted by atomic mass is 9.69. The highest BCUT2D eigenvalue weighted by atomic mass is 32.1. The van der Waals surface area contributed by atoms with E-state index in [-0.39, 0.29) is 0 Å². The van der Waals surface area contributed by atoms with Gasteiger partial charge >= 0.3 is 5.97 Å². The first-order valence-corrected chi connectivity index (χ1v) is 6.46. The highest BCUT2D eigenvalue weighted by molar-refractivity contribution is 7.13. The smallest absolute Gasteiger partial charge is 0.311 e. The van der Waals surface area contributed by atoms with Gasteiger partial charge in [-0.3, -0.25) is 4.79 Å². The Hall–Kier alpha value is -1.10. The number of nitrogens with zero attached hydrogens (tertiary/aromatic N) is 1. The zero-order valence-electron chi connectivity index (χ0n) is 9.32. The third kappa shape index (κ3) is 2.04. The number of hydrogen-bond acceptors (Lipinski definition) is 4. The molecule has 1 aromatic heterocycles. The van der Waals surface area contributed by atoms with Crippen LogP contribution in [0.5, 0.6) is 0 Å². The minimum absolute atomic E-state index is 0.499. The van der Waals surface area contributed by atoms with Crippen molar-refractivity contribution < 1.29 is 9.90 Å². The standard InChI is InChI=1S/C11H16N2O2S/c1-2-8-6-16-10(13-8)12-7-11(9(14)15)4-3-5-11/h6H,2-5,7H2,1H3,(H,12,13)(H,14,15). The van der Waals surface area contributed by atoms with E-state index in [1.54, 1.807) is 11.3 Å². The number of aromatic nitrogens is 1. The predicted octanol–water partition coefficient (Wildman–Crippen LogP) is 2.37. The quantitative estimate of drug-likeness (QED) is 0.829. The lowest BCUT2D eigenvalue weighted by molar-refractivity contribution is -0.153. The number of carboxylic acids is 1. The molecule has 0 bridgehead atoms. The molecule has 2 rings (SSSR count). The van der Waals surface area contributed by atoms with Crippen molar-refractivity contribution in [2.24, 2.45) is 5.41 Å². The Morgan fingerprint density at radius 2 is 2.44 bits per heavy atom. The number of aliphatic carboxylic acids is 1. The molecule has 0 aromatic carbocycles. The Labute approximate surface area is 98.7 Å². The molecule has 1 aliphatic rings. The van der Waals surface area contributed by atoms with E-state index in [1.807, 2.05) is 5.38 Å². The number of carboxylic acid groups (broad SMARTS) is 1. The van der Waals surface area contributed by atoms with Crippen LogP contribution in [0.25, 0.3) is 0 Å². The molecule has 0 unspecified atom stereocenters. The summed E-state index contributed by atoms with van der Waals surface area (Å²) in [6, 6.07) is 0. The number of nitrogens with one attached hydrogen (secondary N) is 1. The van der Waals surface area contributed by atoms with Gasteiger partial charge in [-0.25, -0.2) is 4.98 Å². The number of thiazole rings is 1. The van der Waals surface area contributed by atoms with Crippen LogP contribution in [0.4, 0.5) is 5.13 Å². The first-order valence-electron chi connectivity index (χ1n) is 5.58. The van der Waals surface area contributed by atoms with Crippen LogP contribution < -0.4 is 5.32 Å². The molecular weight excluding hydrogens is 224 g/mol. The van der Waals surface area contributed by atoms with Gasteiger partial charge in [0, 0.05) is 11.9 Å². The number of rotatable bonds is 5. The second-order valence-electron chi connectivity index (χ2n) is 4.29. The average molecular weight is 240 g/mol. The minimum Gasteiger partial charge on any atom is -0.481 e. The van der Waals surface area contributed by atoms with Crippen LogP contribution in [0.2, 0.25) is 0 Å². The molecule has 88 valence electrons. The van der Waals surface area contributed by atoms with E-state index >= 15 is 0 Å². The maximum absolute atomic E-state index is 11.1. The second-order valence-corrected chi connectivity index (χ2v) is 5.15. The largest absolute Gasteiger partial charge is 0.481 e. The van der Waals surface area contributed by atoms with Gasteiger partial charge in [0.05, 0.1) is 11.1 Å². The van der Waals surface area contributed by atoms with E-state index in [0.717, 1.165) is 36.5 Å². The number of hydrogen-bond donors (Lipinski definition) is 2. The van der Waals surface area contributed by atoms with E-state index in [2.05, 4.69) is 17.2 Å². The van der Waals surface area contributed by atoms with E-state index in [4.69, 9.17) is 5.11 Å². The molecule has 0 aliphatic heterocycles. The molecule has 1 aromatic rings. The van der Waals surface area contributed by atoms with Crippen molar-refractivity contribution in [3.8, 4) is 0 Å². The van der Waals surface area contributed by atoms with Gasteiger partial charge in [-0.05, 0) is 19.3 Å². The molecular formula is C11H16N2O2S. The maximum Gasteiger partial charge on any atom is 0.311 e. The molecule has 4 nitrogen and oxygen atoms in total. The molecule has 16 heavy (non-hydrogen) atoms. The van der Waals surface area contributed by atoms with Gasteiger partial charge < -0.3 is 10.4 Å². The Morgan fingerprint density at radius 1 is 1.69 bits per heavy atom. The molecule has 5 heteroatoms. The average Bonchev–Trinajstić information content (AvgIpc) is 2.63. The van der Waals surface area contributed by atoms with Gasteiger partial charge in [-0.1, -0.05) is 13.3 Å². The van der Waals surface area contributed by atoms with Crippen LogP contribution in [0.1, 0.15) is 31.9 Å². The number of anilines is 1. The lowest BCUT2D eigenvalue weighted by Crippen LogP contribution is -2.43. The number of aryl methyl sites for hydroxylation is 1. The van der Waals surface area contributed by atoms with E-state index in [1.165, 1.54) is 0 Å². The zero-order chi connectivity index (χ0) is 11.6. The summed E-state index contributed by atoms with van der Waals surface area (Å²) in [4.78, 5) is 15.5. The van der Waals surface area contributed by atoms with Crippen molar-refractivity contribution in [3.05, 3.63) is 11.1 Å². The van der Waals surface area contributed by atoms with E-state index in [0.29, 0.717) is 6.54 Å². The van der Waals surface area contributed by atoms with Crippen molar-refractivity contribution in [1.29, 1.82) is 0 Å². The monoisotopic (exact) mass is 240 g/mol. The van der Waals surface area contributed by atoms with Crippen LogP contribution in [-0.4, -0.2) is 22.6 Å². The van der Waals surface area contributed by atoms with Crippen LogP contribution in [0.3, 0.4) is 0 Å². The molecule has 2 N–H and O–H groups in total. The summed E-state index contributed by atoms with van der Waals surface area (Å²) in [5, 5.41) is 15.2. The van der Waals surface area contributed by atoms with Crippen LogP contribution >= 0.6 is 11.3 Å². The van der Waals surface area contributed by atoms with Crippen molar-refractivity contribution in [2.75, 3.05) is 11.9 Å². The van der Waals surface area contributed by atoms with Gasteiger partial charge in [0.15, 0.2) is 5.13 Å². The molecule has 0 spiro atoms.